The molecule has 0 aliphatic carbocycles. The first kappa shape index (κ1) is 7.43. The van der Waals surface area contributed by atoms with Crippen LogP contribution in [-0.4, -0.2) is 34.8 Å². The van der Waals surface area contributed by atoms with Crippen LogP contribution < -0.4 is 0 Å². The van der Waals surface area contributed by atoms with Crippen LogP contribution in [0.2, 0.25) is 0 Å². The Balaban J connectivity index is 2.21. The minimum absolute atomic E-state index is 0.325. The summed E-state index contributed by atoms with van der Waals surface area (Å²) in [5, 5.41) is 5.60. The van der Waals surface area contributed by atoms with Crippen molar-refractivity contribution in [1.82, 2.24) is 9.91 Å². The van der Waals surface area contributed by atoms with Crippen LogP contribution in [0.25, 0.3) is 0 Å². The Labute approximate surface area is 79.2 Å². The van der Waals surface area contributed by atoms with E-state index in [0.29, 0.717) is 17.6 Å². The molecule has 0 saturated heterocycles. The first-order valence-electron chi connectivity index (χ1n) is 4.08. The van der Waals surface area contributed by atoms with Crippen molar-refractivity contribution in [3.05, 3.63) is 24.0 Å². The molecular weight excluding hydrogens is 185 g/mol. The Morgan fingerprint density at radius 3 is 3.14 bits per heavy atom. The van der Waals surface area contributed by atoms with Crippen molar-refractivity contribution < 1.29 is 4.39 Å². The Hall–Kier alpha value is -1.98. The van der Waals surface area contributed by atoms with Gasteiger partial charge in [-0.25, -0.2) is 14.9 Å². The van der Waals surface area contributed by atoms with Gasteiger partial charge >= 0.3 is 0 Å². The van der Waals surface area contributed by atoms with Crippen LogP contribution in [0.1, 0.15) is 0 Å². The van der Waals surface area contributed by atoms with Crippen LogP contribution in [0.3, 0.4) is 0 Å². The van der Waals surface area contributed by atoms with E-state index in [2.05, 4.69) is 15.1 Å². The summed E-state index contributed by atoms with van der Waals surface area (Å²) in [6.45, 7) is 0. The largest absolute Gasteiger partial charge is 0.257 e. The number of allylic oxidation sites excluding steroid dienone is 2. The molecule has 14 heavy (non-hydrogen) atoms. The van der Waals surface area contributed by atoms with Crippen LogP contribution in [0.4, 0.5) is 4.39 Å². The number of hydrogen-bond acceptors (Lipinski definition) is 5. The SMILES string of the molecule is CN1N=C2N=C(F)C=C3C=CN=C1N32. The summed E-state index contributed by atoms with van der Waals surface area (Å²) in [4.78, 5) is 9.49. The summed E-state index contributed by atoms with van der Waals surface area (Å²) in [7, 11) is 1.74. The highest BCUT2D eigenvalue weighted by atomic mass is 19.1. The fraction of sp³-hybridized carbons (Fsp3) is 0.125. The highest BCUT2D eigenvalue weighted by Crippen LogP contribution is 2.24. The van der Waals surface area contributed by atoms with Crippen LogP contribution in [-0.2, 0) is 0 Å². The van der Waals surface area contributed by atoms with E-state index in [1.807, 2.05) is 0 Å². The van der Waals surface area contributed by atoms with Gasteiger partial charge in [-0.15, -0.1) is 5.10 Å². The van der Waals surface area contributed by atoms with Crippen molar-refractivity contribution in [2.24, 2.45) is 15.1 Å². The number of nitrogens with zero attached hydrogens (tertiary/aromatic N) is 5. The average Bonchev–Trinajstić information content (AvgIpc) is 2.45. The van der Waals surface area contributed by atoms with Crippen molar-refractivity contribution in [3.8, 4) is 0 Å². The van der Waals surface area contributed by atoms with Gasteiger partial charge in [-0.05, 0) is 6.08 Å². The number of hydrazone groups is 1. The molecule has 0 aromatic rings. The molecule has 0 aromatic carbocycles. The second-order valence-electron chi connectivity index (χ2n) is 3.01. The molecule has 0 fully saturated rings. The van der Waals surface area contributed by atoms with E-state index in [0.717, 1.165) is 0 Å². The van der Waals surface area contributed by atoms with Crippen LogP contribution >= 0.6 is 0 Å². The van der Waals surface area contributed by atoms with Crippen LogP contribution in [0.15, 0.2) is 39.1 Å². The third-order valence-electron chi connectivity index (χ3n) is 2.10. The molecule has 3 heterocycles. The number of halogens is 1. The molecule has 0 atom stereocenters. The lowest BCUT2D eigenvalue weighted by atomic mass is 10.3. The minimum atomic E-state index is -0.531. The summed E-state index contributed by atoms with van der Waals surface area (Å²) < 4.78 is 13.0. The van der Waals surface area contributed by atoms with E-state index in [1.54, 1.807) is 29.2 Å². The number of guanidine groups is 2. The average molecular weight is 191 g/mol. The summed E-state index contributed by atoms with van der Waals surface area (Å²) in [6.07, 6.45) is 4.68. The van der Waals surface area contributed by atoms with Gasteiger partial charge in [0.2, 0.25) is 11.9 Å². The van der Waals surface area contributed by atoms with Gasteiger partial charge in [0.05, 0.1) is 5.70 Å². The lowest BCUT2D eigenvalue weighted by Crippen LogP contribution is -2.37. The third kappa shape index (κ3) is 0.795. The van der Waals surface area contributed by atoms with E-state index in [1.165, 1.54) is 6.08 Å². The monoisotopic (exact) mass is 191 g/mol. The van der Waals surface area contributed by atoms with Crippen molar-refractivity contribution in [1.29, 1.82) is 0 Å². The van der Waals surface area contributed by atoms with Gasteiger partial charge in [0.1, 0.15) is 0 Å². The highest BCUT2D eigenvalue weighted by molar-refractivity contribution is 6.13. The molecular formula is C8H6FN5. The molecule has 3 aliphatic rings. The minimum Gasteiger partial charge on any atom is -0.245 e. The Bertz CT molecular complexity index is 456. The van der Waals surface area contributed by atoms with Crippen molar-refractivity contribution in [2.75, 3.05) is 7.05 Å². The van der Waals surface area contributed by atoms with Crippen molar-refractivity contribution in [3.63, 3.8) is 0 Å². The molecule has 0 bridgehead atoms. The Kier molecular flexibility index (Phi) is 1.21. The van der Waals surface area contributed by atoms with Gasteiger partial charge in [-0.1, -0.05) is 0 Å². The Morgan fingerprint density at radius 1 is 1.43 bits per heavy atom. The Morgan fingerprint density at radius 2 is 2.29 bits per heavy atom. The maximum atomic E-state index is 13.0. The molecule has 0 unspecified atom stereocenters. The van der Waals surface area contributed by atoms with E-state index in [4.69, 9.17) is 0 Å². The van der Waals surface area contributed by atoms with Crippen LogP contribution in [0, 0.1) is 0 Å². The normalized spacial score (nSPS) is 22.7. The smallest absolute Gasteiger partial charge is 0.245 e. The zero-order chi connectivity index (χ0) is 9.71. The standard InChI is InChI=1S/C8H6FN5/c1-13-8-10-3-2-5-4-6(9)11-7(12-13)14(5)8/h2-4H,1H3. The molecule has 0 saturated carbocycles. The predicted octanol–water partition coefficient (Wildman–Crippen LogP) is 0.654. The quantitative estimate of drug-likeness (QED) is 0.564. The van der Waals surface area contributed by atoms with E-state index in [-0.39, 0.29) is 0 Å². The highest BCUT2D eigenvalue weighted by Gasteiger charge is 2.34. The molecule has 3 rings (SSSR count). The molecule has 0 spiro atoms. The molecule has 6 heteroatoms. The molecule has 3 aliphatic heterocycles. The lowest BCUT2D eigenvalue weighted by molar-refractivity contribution is 0.530. The molecule has 70 valence electrons. The van der Waals surface area contributed by atoms with Gasteiger partial charge in [0, 0.05) is 19.3 Å². The van der Waals surface area contributed by atoms with Gasteiger partial charge in [0.25, 0.3) is 5.96 Å². The number of hydrogen-bond donors (Lipinski definition) is 0. The lowest BCUT2D eigenvalue weighted by Gasteiger charge is -2.24. The first-order valence-corrected chi connectivity index (χ1v) is 4.08. The third-order valence-corrected chi connectivity index (χ3v) is 2.10. The predicted molar refractivity (Wildman–Crippen MR) is 50.2 cm³/mol. The molecule has 0 radical (unpaired) electrons. The number of aliphatic imine (C=N–C) groups is 2. The maximum absolute atomic E-state index is 13.0. The van der Waals surface area contributed by atoms with Crippen molar-refractivity contribution in [2.45, 2.75) is 0 Å². The van der Waals surface area contributed by atoms with Crippen molar-refractivity contribution >= 4 is 17.9 Å². The van der Waals surface area contributed by atoms with E-state index < -0.39 is 5.97 Å². The fourth-order valence-corrected chi connectivity index (χ4v) is 1.52. The molecule has 0 amide bonds. The summed E-state index contributed by atoms with van der Waals surface area (Å²) in [5.41, 5.74) is 0.700. The first-order chi connectivity index (χ1) is 6.75. The van der Waals surface area contributed by atoms with Gasteiger partial charge in [-0.3, -0.25) is 0 Å². The second kappa shape index (κ2) is 2.28. The van der Waals surface area contributed by atoms with Gasteiger partial charge in [0.15, 0.2) is 0 Å². The zero-order valence-electron chi connectivity index (χ0n) is 7.35. The molecule has 0 aromatic heterocycles. The van der Waals surface area contributed by atoms with E-state index >= 15 is 0 Å². The molecule has 0 N–H and O–H groups in total. The van der Waals surface area contributed by atoms with Gasteiger partial charge < -0.3 is 0 Å². The van der Waals surface area contributed by atoms with E-state index in [9.17, 15) is 4.39 Å². The topological polar surface area (TPSA) is 43.6 Å². The second-order valence-corrected chi connectivity index (χ2v) is 3.01. The fourth-order valence-electron chi connectivity index (χ4n) is 1.52. The molecule has 5 nitrogen and oxygen atoms in total. The number of rotatable bonds is 0. The van der Waals surface area contributed by atoms with Crippen LogP contribution in [0.5, 0.6) is 0 Å². The zero-order valence-corrected chi connectivity index (χ0v) is 7.35. The summed E-state index contributed by atoms with van der Waals surface area (Å²) >= 11 is 0. The van der Waals surface area contributed by atoms with Gasteiger partial charge in [-0.2, -0.15) is 9.38 Å². The summed E-state index contributed by atoms with van der Waals surface area (Å²) in [6, 6.07) is 0. The summed E-state index contributed by atoms with van der Waals surface area (Å²) in [5.74, 6) is 0.437. The maximum Gasteiger partial charge on any atom is 0.257 e.